The molecule has 3 aromatic rings. The van der Waals surface area contributed by atoms with Gasteiger partial charge in [-0.25, -0.2) is 9.78 Å². The first-order valence-electron chi connectivity index (χ1n) is 11.2. The zero-order chi connectivity index (χ0) is 28.5. The first kappa shape index (κ1) is 29.9. The SMILES string of the molecule is CC.FC(F)F.O=C(O)C1NC=CC=C1NCc1cc(C(F)(F)F)cn2c(=O)cc(-c3ccccc3)nc12. The maximum absolute atomic E-state index is 13.5. The Morgan fingerprint density at radius 3 is 2.37 bits per heavy atom. The molecule has 0 amide bonds. The van der Waals surface area contributed by atoms with Crippen LogP contribution in [0.15, 0.2) is 77.5 Å². The third kappa shape index (κ3) is 7.85. The van der Waals surface area contributed by atoms with Crippen LogP contribution in [0.4, 0.5) is 26.3 Å². The van der Waals surface area contributed by atoms with Crippen LogP contribution in [-0.4, -0.2) is 33.2 Å². The Kier molecular flexibility index (Phi) is 10.5. The number of carbonyl (C=O) groups is 1. The zero-order valence-corrected chi connectivity index (χ0v) is 20.1. The molecule has 0 bridgehead atoms. The Morgan fingerprint density at radius 1 is 1.16 bits per heavy atom. The number of alkyl halides is 6. The summed E-state index contributed by atoms with van der Waals surface area (Å²) < 4.78 is 70.3. The van der Waals surface area contributed by atoms with Gasteiger partial charge in [-0.2, -0.15) is 26.3 Å². The molecule has 1 aliphatic rings. The average Bonchev–Trinajstić information content (AvgIpc) is 2.88. The van der Waals surface area contributed by atoms with E-state index in [1.54, 1.807) is 36.4 Å². The molecule has 3 N–H and O–H groups in total. The largest absolute Gasteiger partial charge is 0.479 e. The number of nitrogens with zero attached hydrogens (tertiary/aromatic N) is 2. The minimum Gasteiger partial charge on any atom is -0.479 e. The van der Waals surface area contributed by atoms with Gasteiger partial charge in [-0.05, 0) is 24.4 Å². The van der Waals surface area contributed by atoms with E-state index in [-0.39, 0.29) is 23.5 Å². The van der Waals surface area contributed by atoms with Crippen molar-refractivity contribution in [1.82, 2.24) is 20.0 Å². The molecule has 38 heavy (non-hydrogen) atoms. The fourth-order valence-electron chi connectivity index (χ4n) is 3.37. The van der Waals surface area contributed by atoms with Crippen LogP contribution in [0.25, 0.3) is 16.9 Å². The highest BCUT2D eigenvalue weighted by atomic mass is 19.4. The summed E-state index contributed by atoms with van der Waals surface area (Å²) in [6.07, 6.45) is 0.574. The summed E-state index contributed by atoms with van der Waals surface area (Å²) in [5.41, 5.74) is -0.313. The third-order valence-electron chi connectivity index (χ3n) is 4.91. The fraction of sp³-hybridized carbons (Fsp3) is 0.240. The van der Waals surface area contributed by atoms with E-state index in [4.69, 9.17) is 0 Å². The van der Waals surface area contributed by atoms with E-state index in [1.807, 2.05) is 13.8 Å². The van der Waals surface area contributed by atoms with Crippen LogP contribution in [0.2, 0.25) is 0 Å². The molecule has 0 fully saturated rings. The molecule has 2 aromatic heterocycles. The van der Waals surface area contributed by atoms with Crippen molar-refractivity contribution in [2.45, 2.75) is 39.3 Å². The molecule has 0 saturated carbocycles. The predicted molar refractivity (Wildman–Crippen MR) is 129 cm³/mol. The molecule has 0 saturated heterocycles. The minimum absolute atomic E-state index is 0.0450. The number of hydrogen-bond donors (Lipinski definition) is 3. The van der Waals surface area contributed by atoms with Crippen LogP contribution < -0.4 is 16.2 Å². The Hall–Kier alpha value is -4.29. The lowest BCUT2D eigenvalue weighted by Crippen LogP contribution is -2.41. The molecule has 0 radical (unpaired) electrons. The van der Waals surface area contributed by atoms with Crippen molar-refractivity contribution in [3.8, 4) is 11.3 Å². The Bertz CT molecular complexity index is 1350. The number of aromatic nitrogens is 2. The molecule has 1 unspecified atom stereocenters. The standard InChI is InChI=1S/C22H17F3N4O3.C2H6.CHF3/c23-22(24,25)15-9-14(11-27-16-7-4-8-26-19(16)21(31)32)20-28-17(10-18(30)29(20)12-15)13-5-2-1-3-6-13;1-2;2-1(3)4/h1-10,12,19,26-27H,11H2,(H,31,32);1-2H3;1H. The van der Waals surface area contributed by atoms with Crippen LogP contribution in [0.1, 0.15) is 25.0 Å². The van der Waals surface area contributed by atoms with Crippen LogP contribution >= 0.6 is 0 Å². The molecule has 3 heterocycles. The summed E-state index contributed by atoms with van der Waals surface area (Å²) in [6.45, 7) is 0.156. The second kappa shape index (κ2) is 13.3. The number of dihydropyridines is 1. The molecule has 7 nitrogen and oxygen atoms in total. The van der Waals surface area contributed by atoms with Gasteiger partial charge < -0.3 is 15.7 Å². The van der Waals surface area contributed by atoms with E-state index in [2.05, 4.69) is 15.6 Å². The summed E-state index contributed by atoms with van der Waals surface area (Å²) in [5, 5.41) is 14.9. The lowest BCUT2D eigenvalue weighted by molar-refractivity contribution is -0.139. The van der Waals surface area contributed by atoms with Crippen molar-refractivity contribution in [1.29, 1.82) is 0 Å². The maximum Gasteiger partial charge on any atom is 0.417 e. The molecule has 0 aliphatic carbocycles. The van der Waals surface area contributed by atoms with Gasteiger partial charge in [-0.15, -0.1) is 0 Å². The van der Waals surface area contributed by atoms with Crippen molar-refractivity contribution in [2.75, 3.05) is 0 Å². The lowest BCUT2D eigenvalue weighted by Gasteiger charge is -2.21. The molecule has 4 rings (SSSR count). The number of carboxylic acid groups (broad SMARTS) is 1. The normalized spacial score (nSPS) is 14.4. The van der Waals surface area contributed by atoms with Crippen molar-refractivity contribution in [3.05, 3.63) is 94.2 Å². The molecule has 1 aliphatic heterocycles. The predicted octanol–water partition coefficient (Wildman–Crippen LogP) is 5.13. The van der Waals surface area contributed by atoms with Crippen LogP contribution in [-0.2, 0) is 17.5 Å². The number of benzene rings is 1. The highest BCUT2D eigenvalue weighted by Gasteiger charge is 2.32. The van der Waals surface area contributed by atoms with Crippen LogP contribution in [0, 0.1) is 0 Å². The van der Waals surface area contributed by atoms with Crippen molar-refractivity contribution in [2.24, 2.45) is 0 Å². The monoisotopic (exact) mass is 542 g/mol. The number of hydrogen-bond acceptors (Lipinski definition) is 5. The number of pyridine rings is 1. The van der Waals surface area contributed by atoms with Gasteiger partial charge in [0.25, 0.3) is 5.56 Å². The van der Waals surface area contributed by atoms with Gasteiger partial charge in [0.15, 0.2) is 6.04 Å². The Morgan fingerprint density at radius 2 is 1.79 bits per heavy atom. The van der Waals surface area contributed by atoms with Crippen LogP contribution in [0.5, 0.6) is 0 Å². The van der Waals surface area contributed by atoms with E-state index in [0.717, 1.165) is 10.5 Å². The second-order valence-corrected chi connectivity index (χ2v) is 7.31. The summed E-state index contributed by atoms with van der Waals surface area (Å²) in [6, 6.07) is 9.80. The van der Waals surface area contributed by atoms with Gasteiger partial charge in [0.1, 0.15) is 5.65 Å². The lowest BCUT2D eigenvalue weighted by atomic mass is 10.1. The van der Waals surface area contributed by atoms with Crippen molar-refractivity contribution in [3.63, 3.8) is 0 Å². The number of aliphatic carboxylic acids is 1. The summed E-state index contributed by atoms with van der Waals surface area (Å²) in [5.74, 6) is -1.15. The molecule has 1 atom stereocenters. The first-order valence-corrected chi connectivity index (χ1v) is 11.2. The number of carboxylic acids is 1. The van der Waals surface area contributed by atoms with Crippen LogP contribution in [0.3, 0.4) is 0 Å². The Labute approximate surface area is 213 Å². The molecule has 1 aromatic carbocycles. The van der Waals surface area contributed by atoms with E-state index in [1.165, 1.54) is 18.3 Å². The highest BCUT2D eigenvalue weighted by molar-refractivity contribution is 5.78. The topological polar surface area (TPSA) is 95.7 Å². The van der Waals surface area contributed by atoms with Gasteiger partial charge in [-0.3, -0.25) is 9.20 Å². The molecular formula is C25H24F6N4O3. The Balaban J connectivity index is 0.000000773. The third-order valence-corrected chi connectivity index (χ3v) is 4.91. The fourth-order valence-corrected chi connectivity index (χ4v) is 3.37. The van der Waals surface area contributed by atoms with E-state index >= 15 is 0 Å². The highest BCUT2D eigenvalue weighted by Crippen LogP contribution is 2.30. The summed E-state index contributed by atoms with van der Waals surface area (Å²) in [7, 11) is 0. The number of allylic oxidation sites excluding steroid dienone is 2. The first-order chi connectivity index (χ1) is 18.0. The summed E-state index contributed by atoms with van der Waals surface area (Å²) in [4.78, 5) is 28.6. The molecular weight excluding hydrogens is 518 g/mol. The number of halogens is 6. The van der Waals surface area contributed by atoms with Gasteiger partial charge in [0, 0.05) is 35.6 Å². The molecule has 13 heteroatoms. The maximum atomic E-state index is 13.5. The van der Waals surface area contributed by atoms with E-state index < -0.39 is 36.0 Å². The number of rotatable bonds is 5. The van der Waals surface area contributed by atoms with Gasteiger partial charge in [0.2, 0.25) is 0 Å². The van der Waals surface area contributed by atoms with Gasteiger partial charge >= 0.3 is 18.8 Å². The number of nitrogens with one attached hydrogen (secondary N) is 2. The second-order valence-electron chi connectivity index (χ2n) is 7.31. The smallest absolute Gasteiger partial charge is 0.417 e. The quantitative estimate of drug-likeness (QED) is 0.387. The van der Waals surface area contributed by atoms with E-state index in [0.29, 0.717) is 17.5 Å². The van der Waals surface area contributed by atoms with Crippen molar-refractivity contribution < 1.29 is 36.2 Å². The molecule has 0 spiro atoms. The van der Waals surface area contributed by atoms with E-state index in [9.17, 15) is 41.0 Å². The van der Waals surface area contributed by atoms with Crippen molar-refractivity contribution >= 4 is 11.6 Å². The minimum atomic E-state index is -4.68. The van der Waals surface area contributed by atoms with Gasteiger partial charge in [-0.1, -0.05) is 44.2 Å². The number of fused-ring (bicyclic) bond motifs is 1. The van der Waals surface area contributed by atoms with Gasteiger partial charge in [0.05, 0.1) is 11.3 Å². The zero-order valence-electron chi connectivity index (χ0n) is 20.1. The summed E-state index contributed by atoms with van der Waals surface area (Å²) >= 11 is 0. The molecule has 204 valence electrons. The average molecular weight is 542 g/mol.